The van der Waals surface area contributed by atoms with Gasteiger partial charge in [0, 0.05) is 59.2 Å². The number of benzene rings is 3. The highest BCUT2D eigenvalue weighted by molar-refractivity contribution is 7.94. The molecule has 7 aromatic rings. The number of nitrogens with zero attached hydrogens (tertiary/aromatic N) is 8. The van der Waals surface area contributed by atoms with Crippen molar-refractivity contribution in [2.24, 2.45) is 10.3 Å². The second-order valence-electron chi connectivity index (χ2n) is 20.4. The van der Waals surface area contributed by atoms with E-state index in [-0.39, 0.29) is 59.6 Å². The highest BCUT2D eigenvalue weighted by Crippen LogP contribution is 2.56. The van der Waals surface area contributed by atoms with Crippen LogP contribution in [0.1, 0.15) is 122 Å². The summed E-state index contributed by atoms with van der Waals surface area (Å²) in [6, 6.07) is 14.1. The topological polar surface area (TPSA) is 168 Å². The predicted molar refractivity (Wildman–Crippen MR) is 253 cm³/mol. The van der Waals surface area contributed by atoms with E-state index >= 15 is 13.6 Å². The van der Waals surface area contributed by atoms with Gasteiger partial charge in [0.1, 0.15) is 22.9 Å². The molecule has 1 amide bonds. The summed E-state index contributed by atoms with van der Waals surface area (Å²) >= 11 is 0. The molecule has 5 aliphatic rings. The zero-order valence-electron chi connectivity index (χ0n) is 39.3. The number of aryl methyl sites for hydroxylation is 2. The summed E-state index contributed by atoms with van der Waals surface area (Å²) in [7, 11) is -2.76. The Morgan fingerprint density at radius 3 is 2.38 bits per heavy atom. The fourth-order valence-electron chi connectivity index (χ4n) is 11.7. The molecule has 1 saturated heterocycles. The van der Waals surface area contributed by atoms with Crippen molar-refractivity contribution < 1.29 is 27.0 Å². The van der Waals surface area contributed by atoms with Crippen LogP contribution in [0.2, 0.25) is 0 Å². The Labute approximate surface area is 396 Å². The summed E-state index contributed by atoms with van der Waals surface area (Å²) in [5, 5.41) is 10.1. The summed E-state index contributed by atoms with van der Waals surface area (Å²) < 4.78 is 67.8. The number of rotatable bonds is 8. The molecule has 2 saturated carbocycles. The van der Waals surface area contributed by atoms with E-state index in [1.807, 2.05) is 17.6 Å². The van der Waals surface area contributed by atoms with Crippen molar-refractivity contribution in [3.63, 3.8) is 0 Å². The number of amides is 1. The largest absolute Gasteiger partial charge is 0.438 e. The molecule has 18 heteroatoms. The first-order valence-electron chi connectivity index (χ1n) is 23.9. The van der Waals surface area contributed by atoms with Crippen molar-refractivity contribution in [1.29, 1.82) is 0 Å². The molecular formula is C51H53F2N9O6S. The Hall–Kier alpha value is -6.40. The zero-order valence-corrected chi connectivity index (χ0v) is 40.2. The fraction of sp³-hybridized carbons (Fsp3) is 0.431. The van der Waals surface area contributed by atoms with E-state index in [0.29, 0.717) is 75.3 Å². The van der Waals surface area contributed by atoms with Gasteiger partial charge in [-0.05, 0) is 144 Å². The summed E-state index contributed by atoms with van der Waals surface area (Å²) in [5.74, 6) is -1.01. The Morgan fingerprint density at radius 2 is 1.68 bits per heavy atom. The molecule has 4 aromatic heterocycles. The van der Waals surface area contributed by atoms with Crippen molar-refractivity contribution in [3.05, 3.63) is 139 Å². The van der Waals surface area contributed by atoms with Gasteiger partial charge in [-0.15, -0.1) is 0 Å². The van der Waals surface area contributed by atoms with Crippen LogP contribution in [-0.2, 0) is 32.8 Å². The summed E-state index contributed by atoms with van der Waals surface area (Å²) in [5.41, 5.74) is 3.51. The molecule has 7 heterocycles. The first kappa shape index (κ1) is 43.9. The number of carbonyl (C=O) groups excluding carboxylic acids is 1. The van der Waals surface area contributed by atoms with Crippen LogP contribution in [0.4, 0.5) is 8.78 Å². The number of halogens is 2. The van der Waals surface area contributed by atoms with Gasteiger partial charge >= 0.3 is 11.4 Å². The number of carbonyl (C=O) groups is 1. The second kappa shape index (κ2) is 15.3. The number of imidazole rings is 1. The highest BCUT2D eigenvalue weighted by atomic mass is 32.2. The van der Waals surface area contributed by atoms with Crippen molar-refractivity contribution in [1.82, 2.24) is 38.5 Å². The molecular weight excluding hydrogens is 905 g/mol. The van der Waals surface area contributed by atoms with Crippen molar-refractivity contribution in [3.8, 4) is 17.2 Å². The SMILES string of the molecule is Cc1cc(-n2nc3c(c2-n2ccn(-c4ccc5c(c4F)CCN=S5(=O)C4CC4)c2=O)[C@H](C)N(C(=O)c2cc4cc([C@H]5CCOC(C)(C)C5)ccc4n2[C@@]2(c4noc(=O)[nH]4)C[C@@H]2C)CC3)cc(C)c1F. The Balaban J connectivity index is 0.991. The average molecular weight is 958 g/mol. The molecule has 3 fully saturated rings. The van der Waals surface area contributed by atoms with E-state index in [9.17, 15) is 13.8 Å². The van der Waals surface area contributed by atoms with Crippen LogP contribution < -0.4 is 11.4 Å². The molecule has 0 radical (unpaired) electrons. The fourth-order valence-corrected chi connectivity index (χ4v) is 14.4. The molecule has 2 aliphatic carbocycles. The molecule has 358 valence electrons. The van der Waals surface area contributed by atoms with Gasteiger partial charge in [0.2, 0.25) is 0 Å². The minimum atomic E-state index is -2.76. The quantitative estimate of drug-likeness (QED) is 0.160. The smallest absolute Gasteiger partial charge is 0.376 e. The number of H-pyrrole nitrogens is 1. The maximum atomic E-state index is 16.7. The van der Waals surface area contributed by atoms with Gasteiger partial charge in [-0.2, -0.15) is 5.10 Å². The lowest BCUT2D eigenvalue weighted by atomic mass is 9.83. The third-order valence-corrected chi connectivity index (χ3v) is 18.4. The average Bonchev–Trinajstić information content (AvgIpc) is 4.06. The van der Waals surface area contributed by atoms with Gasteiger partial charge in [-0.25, -0.2) is 31.6 Å². The first-order chi connectivity index (χ1) is 33.0. The summed E-state index contributed by atoms with van der Waals surface area (Å²) in [4.78, 5) is 48.0. The molecule has 0 spiro atoms. The molecule has 1 N–H and O–H groups in total. The number of aromatic nitrogens is 7. The molecule has 3 aromatic carbocycles. The Bertz CT molecular complexity index is 3560. The number of hydrogen-bond acceptors (Lipinski definition) is 9. The third kappa shape index (κ3) is 6.64. The van der Waals surface area contributed by atoms with E-state index < -0.39 is 38.6 Å². The van der Waals surface area contributed by atoms with Crippen LogP contribution in [-0.4, -0.2) is 79.2 Å². The summed E-state index contributed by atoms with van der Waals surface area (Å²) in [6.07, 6.45) is 7.53. The van der Waals surface area contributed by atoms with Gasteiger partial charge < -0.3 is 14.2 Å². The minimum Gasteiger partial charge on any atom is -0.376 e. The van der Waals surface area contributed by atoms with Crippen LogP contribution >= 0.6 is 0 Å². The first-order valence-corrected chi connectivity index (χ1v) is 25.5. The van der Waals surface area contributed by atoms with Crippen LogP contribution in [0.25, 0.3) is 28.1 Å². The lowest BCUT2D eigenvalue weighted by Gasteiger charge is -2.35. The van der Waals surface area contributed by atoms with Crippen molar-refractivity contribution in [2.75, 3.05) is 19.7 Å². The van der Waals surface area contributed by atoms with Gasteiger partial charge in [0.25, 0.3) is 5.91 Å². The standard InChI is InChI=1S/C51H53F2N9O6S/c1-27-21-34(22-28(2)43(27)52)62-45(60-19-18-59(49(60)65)39-11-12-41-36(44(39)53)13-16-54-69(41,66)35-8-9-35)42-30(4)58(17-14-37(42)56-62)46(63)40-24-33-23-31(32-15-20-67-50(5,6)26-32)7-10-38(33)61(40)51(25-29(51)3)47-55-48(64)68-57-47/h7,10-12,18-19,21-24,29-30,32,35H,8-9,13-17,20,25-26H2,1-6H3,(H,55,57,64)/t29-,30-,32-,51-,69?/m0/s1. The molecule has 12 rings (SSSR count). The number of hydrogen-bond donors (Lipinski definition) is 1. The van der Waals surface area contributed by atoms with Crippen molar-refractivity contribution in [2.45, 2.75) is 120 Å². The zero-order chi connectivity index (χ0) is 48.1. The van der Waals surface area contributed by atoms with E-state index in [2.05, 4.69) is 53.5 Å². The molecule has 1 unspecified atom stereocenters. The maximum absolute atomic E-state index is 16.7. The monoisotopic (exact) mass is 957 g/mol. The number of aromatic amines is 1. The van der Waals surface area contributed by atoms with Crippen molar-refractivity contribution >= 4 is 26.5 Å². The summed E-state index contributed by atoms with van der Waals surface area (Å²) in [6.45, 7) is 12.7. The molecule has 69 heavy (non-hydrogen) atoms. The predicted octanol–water partition coefficient (Wildman–Crippen LogP) is 8.10. The van der Waals surface area contributed by atoms with Crippen LogP contribution in [0.15, 0.2) is 84.3 Å². The van der Waals surface area contributed by atoms with E-state index in [4.69, 9.17) is 14.4 Å². The normalized spacial score (nSPS) is 25.1. The van der Waals surface area contributed by atoms with Crippen LogP contribution in [0, 0.1) is 31.4 Å². The van der Waals surface area contributed by atoms with Crippen LogP contribution in [0.3, 0.4) is 0 Å². The number of nitrogens with one attached hydrogen (secondary N) is 1. The second-order valence-corrected chi connectivity index (χ2v) is 22.9. The molecule has 15 nitrogen and oxygen atoms in total. The number of ether oxygens (including phenoxy) is 1. The number of fused-ring (bicyclic) bond motifs is 3. The van der Waals surface area contributed by atoms with Gasteiger partial charge in [0.15, 0.2) is 11.6 Å². The lowest BCUT2D eigenvalue weighted by molar-refractivity contribution is -0.0592. The van der Waals surface area contributed by atoms with Gasteiger partial charge in [-0.1, -0.05) is 18.1 Å². The van der Waals surface area contributed by atoms with Gasteiger partial charge in [-0.3, -0.25) is 23.4 Å². The molecule has 3 aliphatic heterocycles. The minimum absolute atomic E-state index is 0.0117. The van der Waals surface area contributed by atoms with E-state index in [0.717, 1.165) is 42.1 Å². The maximum Gasteiger partial charge on any atom is 0.438 e. The highest BCUT2D eigenvalue weighted by Gasteiger charge is 2.59. The Morgan fingerprint density at radius 1 is 0.928 bits per heavy atom. The molecule has 0 bridgehead atoms. The third-order valence-electron chi connectivity index (χ3n) is 15.5. The Kier molecular flexibility index (Phi) is 9.72. The molecule has 5 atom stereocenters. The van der Waals surface area contributed by atoms with E-state index in [1.54, 1.807) is 47.8 Å². The van der Waals surface area contributed by atoms with Gasteiger partial charge in [0.05, 0.1) is 49.9 Å². The lowest BCUT2D eigenvalue weighted by Crippen LogP contribution is -2.41. The van der Waals surface area contributed by atoms with E-state index in [1.165, 1.54) is 21.4 Å². The van der Waals surface area contributed by atoms with Crippen LogP contribution in [0.5, 0.6) is 0 Å².